The Kier molecular flexibility index (Phi) is 5.34. The van der Waals surface area contributed by atoms with Crippen LogP contribution in [0.5, 0.6) is 0 Å². The molecule has 1 unspecified atom stereocenters. The van der Waals surface area contributed by atoms with Crippen molar-refractivity contribution in [3.05, 3.63) is 59.7 Å². The number of nitrogens with one attached hydrogen (secondary N) is 1. The lowest BCUT2D eigenvalue weighted by molar-refractivity contribution is -0.121. The lowest BCUT2D eigenvalue weighted by atomic mass is 9.96. The molecule has 2 aromatic carbocycles. The van der Waals surface area contributed by atoms with Gasteiger partial charge in [-0.05, 0) is 55.2 Å². The molecule has 2 heterocycles. The van der Waals surface area contributed by atoms with Gasteiger partial charge in [-0.2, -0.15) is 0 Å². The molecule has 1 N–H and O–H groups in total. The average molecular weight is 391 g/mol. The van der Waals surface area contributed by atoms with Crippen molar-refractivity contribution in [1.82, 2.24) is 4.90 Å². The molecule has 2 aromatic rings. The van der Waals surface area contributed by atoms with E-state index in [9.17, 15) is 14.4 Å². The van der Waals surface area contributed by atoms with Gasteiger partial charge in [0, 0.05) is 43.5 Å². The van der Waals surface area contributed by atoms with Crippen LogP contribution < -0.4 is 10.2 Å². The fraction of sp³-hybridized carbons (Fsp3) is 0.348. The summed E-state index contributed by atoms with van der Waals surface area (Å²) in [5.41, 5.74) is 3.32. The molecule has 3 amide bonds. The van der Waals surface area contributed by atoms with Crippen molar-refractivity contribution in [3.8, 4) is 0 Å². The fourth-order valence-corrected chi connectivity index (χ4v) is 4.19. The molecule has 0 aromatic heterocycles. The van der Waals surface area contributed by atoms with Crippen LogP contribution >= 0.6 is 0 Å². The topological polar surface area (TPSA) is 69.7 Å². The molecular weight excluding hydrogens is 366 g/mol. The van der Waals surface area contributed by atoms with Gasteiger partial charge in [0.1, 0.15) is 0 Å². The van der Waals surface area contributed by atoms with E-state index in [-0.39, 0.29) is 23.6 Å². The Bertz CT molecular complexity index is 942. The molecule has 0 radical (unpaired) electrons. The molecule has 1 saturated heterocycles. The number of para-hydroxylation sites is 1. The van der Waals surface area contributed by atoms with Gasteiger partial charge in [0.25, 0.3) is 5.91 Å². The normalized spacial score (nSPS) is 18.3. The Morgan fingerprint density at radius 2 is 1.83 bits per heavy atom. The molecular formula is C23H25N3O3. The number of amides is 3. The zero-order valence-electron chi connectivity index (χ0n) is 16.6. The van der Waals surface area contributed by atoms with E-state index < -0.39 is 0 Å². The molecule has 1 fully saturated rings. The minimum absolute atomic E-state index is 0.0196. The third kappa shape index (κ3) is 4.01. The summed E-state index contributed by atoms with van der Waals surface area (Å²) >= 11 is 0. The number of hydrogen-bond acceptors (Lipinski definition) is 3. The Morgan fingerprint density at radius 3 is 2.59 bits per heavy atom. The molecule has 0 bridgehead atoms. The summed E-state index contributed by atoms with van der Waals surface area (Å²) in [4.78, 5) is 40.9. The van der Waals surface area contributed by atoms with E-state index in [1.165, 1.54) is 0 Å². The van der Waals surface area contributed by atoms with Crippen molar-refractivity contribution in [2.45, 2.75) is 26.2 Å². The van der Waals surface area contributed by atoms with Crippen molar-refractivity contribution in [3.63, 3.8) is 0 Å². The molecule has 0 saturated carbocycles. The molecule has 6 nitrogen and oxygen atoms in total. The van der Waals surface area contributed by atoms with Crippen LogP contribution in [0.1, 0.15) is 35.7 Å². The summed E-state index contributed by atoms with van der Waals surface area (Å²) in [5.74, 6) is -0.285. The van der Waals surface area contributed by atoms with E-state index in [0.717, 1.165) is 36.2 Å². The lowest BCUT2D eigenvalue weighted by Gasteiger charge is -2.32. The maximum Gasteiger partial charge on any atom is 0.253 e. The third-order valence-corrected chi connectivity index (χ3v) is 5.72. The molecule has 1 atom stereocenters. The quantitative estimate of drug-likeness (QED) is 0.874. The van der Waals surface area contributed by atoms with Crippen LogP contribution in [0.25, 0.3) is 0 Å². The SMILES string of the molecule is CC(=O)N1CCc2cc(C(=O)N3CCCC(C(=O)Nc4ccccc4)C3)ccc21. The standard InChI is InChI=1S/C23H25N3O3/c1-16(27)26-13-11-17-14-18(9-10-21(17)26)23(29)25-12-5-6-19(15-25)22(28)24-20-7-3-2-4-8-20/h2-4,7-10,14,19H,5-6,11-13,15H2,1H3,(H,24,28). The highest BCUT2D eigenvalue weighted by Gasteiger charge is 2.30. The molecule has 2 aliphatic heterocycles. The van der Waals surface area contributed by atoms with Crippen molar-refractivity contribution in [2.24, 2.45) is 5.92 Å². The molecule has 4 rings (SSSR count). The van der Waals surface area contributed by atoms with E-state index in [4.69, 9.17) is 0 Å². The van der Waals surface area contributed by atoms with Crippen LogP contribution in [0, 0.1) is 5.92 Å². The molecule has 0 aliphatic carbocycles. The van der Waals surface area contributed by atoms with Crippen LogP contribution in [-0.4, -0.2) is 42.3 Å². The van der Waals surface area contributed by atoms with Gasteiger partial charge in [0.2, 0.25) is 11.8 Å². The largest absolute Gasteiger partial charge is 0.338 e. The van der Waals surface area contributed by atoms with Gasteiger partial charge >= 0.3 is 0 Å². The number of carbonyl (C=O) groups excluding carboxylic acids is 3. The van der Waals surface area contributed by atoms with Crippen molar-refractivity contribution < 1.29 is 14.4 Å². The lowest BCUT2D eigenvalue weighted by Crippen LogP contribution is -2.43. The number of piperidine rings is 1. The first-order valence-electron chi connectivity index (χ1n) is 10.1. The maximum absolute atomic E-state index is 13.1. The highest BCUT2D eigenvalue weighted by molar-refractivity contribution is 5.98. The molecule has 29 heavy (non-hydrogen) atoms. The number of rotatable bonds is 3. The monoisotopic (exact) mass is 391 g/mol. The second-order valence-electron chi connectivity index (χ2n) is 7.71. The number of hydrogen-bond donors (Lipinski definition) is 1. The van der Waals surface area contributed by atoms with Crippen LogP contribution in [0.15, 0.2) is 48.5 Å². The zero-order chi connectivity index (χ0) is 20.4. The van der Waals surface area contributed by atoms with Gasteiger partial charge in [-0.25, -0.2) is 0 Å². The van der Waals surface area contributed by atoms with E-state index in [1.54, 1.807) is 22.8 Å². The van der Waals surface area contributed by atoms with Crippen molar-refractivity contribution >= 4 is 29.1 Å². The Morgan fingerprint density at radius 1 is 1.03 bits per heavy atom. The molecule has 150 valence electrons. The van der Waals surface area contributed by atoms with Gasteiger partial charge in [0.05, 0.1) is 5.92 Å². The molecule has 2 aliphatic rings. The van der Waals surface area contributed by atoms with Crippen LogP contribution in [0.2, 0.25) is 0 Å². The van der Waals surface area contributed by atoms with Crippen LogP contribution in [0.3, 0.4) is 0 Å². The highest BCUT2D eigenvalue weighted by atomic mass is 16.2. The van der Waals surface area contributed by atoms with E-state index in [1.807, 2.05) is 42.5 Å². The first kappa shape index (κ1) is 19.2. The van der Waals surface area contributed by atoms with E-state index >= 15 is 0 Å². The minimum Gasteiger partial charge on any atom is -0.338 e. The third-order valence-electron chi connectivity index (χ3n) is 5.72. The van der Waals surface area contributed by atoms with Gasteiger partial charge in [0.15, 0.2) is 0 Å². The first-order chi connectivity index (χ1) is 14.0. The number of nitrogens with zero attached hydrogens (tertiary/aromatic N) is 2. The summed E-state index contributed by atoms with van der Waals surface area (Å²) in [6, 6.07) is 14.9. The Hall–Kier alpha value is -3.15. The average Bonchev–Trinajstić information content (AvgIpc) is 3.17. The van der Waals surface area contributed by atoms with E-state index in [2.05, 4.69) is 5.32 Å². The predicted octanol–water partition coefficient (Wildman–Crippen LogP) is 3.09. The maximum atomic E-state index is 13.1. The van der Waals surface area contributed by atoms with Crippen molar-refractivity contribution in [2.75, 3.05) is 29.9 Å². The molecule has 6 heteroatoms. The molecule has 0 spiro atoms. The van der Waals surface area contributed by atoms with Gasteiger partial charge in [-0.15, -0.1) is 0 Å². The van der Waals surface area contributed by atoms with E-state index in [0.29, 0.717) is 25.2 Å². The van der Waals surface area contributed by atoms with Crippen molar-refractivity contribution in [1.29, 1.82) is 0 Å². The minimum atomic E-state index is -0.212. The number of benzene rings is 2. The highest BCUT2D eigenvalue weighted by Crippen LogP contribution is 2.30. The Balaban J connectivity index is 1.44. The van der Waals surface area contributed by atoms with Crippen LogP contribution in [-0.2, 0) is 16.0 Å². The first-order valence-corrected chi connectivity index (χ1v) is 10.1. The van der Waals surface area contributed by atoms with Gasteiger partial charge in [-0.1, -0.05) is 18.2 Å². The zero-order valence-corrected chi connectivity index (χ0v) is 16.6. The number of anilines is 2. The summed E-state index contributed by atoms with van der Waals surface area (Å²) in [6.07, 6.45) is 2.35. The Labute approximate surface area is 170 Å². The predicted molar refractivity (Wildman–Crippen MR) is 112 cm³/mol. The van der Waals surface area contributed by atoms with Crippen LogP contribution in [0.4, 0.5) is 11.4 Å². The second-order valence-corrected chi connectivity index (χ2v) is 7.71. The number of fused-ring (bicyclic) bond motifs is 1. The van der Waals surface area contributed by atoms with Gasteiger partial charge in [-0.3, -0.25) is 14.4 Å². The summed E-state index contributed by atoms with van der Waals surface area (Å²) in [5, 5.41) is 2.95. The van der Waals surface area contributed by atoms with Gasteiger partial charge < -0.3 is 15.1 Å². The summed E-state index contributed by atoms with van der Waals surface area (Å²) in [7, 11) is 0. The summed E-state index contributed by atoms with van der Waals surface area (Å²) < 4.78 is 0. The number of carbonyl (C=O) groups is 3. The second kappa shape index (κ2) is 8.07. The number of likely N-dealkylation sites (tertiary alicyclic amines) is 1. The smallest absolute Gasteiger partial charge is 0.253 e. The summed E-state index contributed by atoms with van der Waals surface area (Å²) in [6.45, 7) is 3.30. The fourth-order valence-electron chi connectivity index (χ4n) is 4.19.